The summed E-state index contributed by atoms with van der Waals surface area (Å²) < 4.78 is 75.3. The van der Waals surface area contributed by atoms with Gasteiger partial charge in [0.15, 0.2) is 0 Å². The molecule has 0 aliphatic carbocycles. The Kier molecular flexibility index (Phi) is 15.1. The standard InChI is InChI=1S/C114H99BN4/c1-110(2,3)76-50-58-97-91(62-76)92-63-77(111(4,5)6)51-59-98(92)116(97)81-54-56-95-101(68-81)118(108-85(70-30-18-16-19-31-70)40-28-44-89(108)87-42-26-36-74-48-46-72-34-22-24-38-83(72)105(74)87)103-66-80(114(13,14)15)67-104-107(103)115(95)96-57-55-82(117-99-60-52-78(112(7,8)9)64-93(99)94-65-79(113(10,11)12)53-61-100(94)117)69-102(96)119(104)109-86(71-32-20-17-21-33-71)41-29-45-90(109)88-43-27-37-75-49-47-73-35-23-25-39-84(73)106(75)88/h16-69H,1-15H3/i54D,55D,66D,67D,68D,69D. The Bertz CT molecular complexity index is 7240. The molecule has 0 saturated heterocycles. The zero-order valence-electron chi connectivity index (χ0n) is 76.6. The van der Waals surface area contributed by atoms with Crippen LogP contribution >= 0.6 is 0 Å². The molecule has 19 aromatic rings. The van der Waals surface area contributed by atoms with Crippen LogP contribution in [0.5, 0.6) is 0 Å². The molecule has 0 unspecified atom stereocenters. The summed E-state index contributed by atoms with van der Waals surface area (Å²) in [5, 5.41) is 12.5. The molecular formula is C114H99BN4. The summed E-state index contributed by atoms with van der Waals surface area (Å²) in [6.07, 6.45) is 0. The highest BCUT2D eigenvalue weighted by Gasteiger charge is 2.47. The normalized spacial score (nSPS) is 14.0. The van der Waals surface area contributed by atoms with E-state index in [2.05, 4.69) is 390 Å². The molecule has 2 aliphatic rings. The minimum atomic E-state index is -1.05. The van der Waals surface area contributed by atoms with Crippen molar-refractivity contribution in [2.24, 2.45) is 0 Å². The molecule has 578 valence electrons. The average molecular weight is 1540 g/mol. The molecule has 0 bridgehead atoms. The van der Waals surface area contributed by atoms with Crippen LogP contribution in [0.4, 0.5) is 34.1 Å². The van der Waals surface area contributed by atoms with Crippen molar-refractivity contribution in [1.29, 1.82) is 0 Å². The first-order valence-corrected chi connectivity index (χ1v) is 42.2. The van der Waals surface area contributed by atoms with E-state index in [4.69, 9.17) is 0 Å². The molecule has 17 aromatic carbocycles. The monoisotopic (exact) mass is 1540 g/mol. The predicted octanol–water partition coefficient (Wildman–Crippen LogP) is 29.7. The van der Waals surface area contributed by atoms with Gasteiger partial charge in [-0.3, -0.25) is 0 Å². The van der Waals surface area contributed by atoms with Crippen LogP contribution in [0.1, 0.15) is 140 Å². The molecule has 4 heterocycles. The molecule has 119 heavy (non-hydrogen) atoms. The second-order valence-electron chi connectivity index (χ2n) is 38.3. The number of hydrogen-bond acceptors (Lipinski definition) is 2. The Morgan fingerprint density at radius 3 is 0.924 bits per heavy atom. The summed E-state index contributed by atoms with van der Waals surface area (Å²) in [4.78, 5) is 4.49. The maximum absolute atomic E-state index is 12.1. The highest BCUT2D eigenvalue weighted by molar-refractivity contribution is 7.00. The van der Waals surface area contributed by atoms with E-state index in [0.29, 0.717) is 67.5 Å². The Labute approximate surface area is 708 Å². The second kappa shape index (κ2) is 26.8. The van der Waals surface area contributed by atoms with Crippen LogP contribution in [0.15, 0.2) is 327 Å². The van der Waals surface area contributed by atoms with Crippen molar-refractivity contribution in [1.82, 2.24) is 9.13 Å². The summed E-state index contributed by atoms with van der Waals surface area (Å²) in [6, 6.07) is 104. The molecule has 21 rings (SSSR count). The fraction of sp³-hybridized carbons (Fsp3) is 0.175. The smallest absolute Gasteiger partial charge is 0.252 e. The maximum atomic E-state index is 12.1. The topological polar surface area (TPSA) is 16.3 Å². The molecule has 0 N–H and O–H groups in total. The van der Waals surface area contributed by atoms with Crippen LogP contribution in [0.3, 0.4) is 0 Å². The third-order valence-corrected chi connectivity index (χ3v) is 25.6. The van der Waals surface area contributed by atoms with Crippen molar-refractivity contribution in [2.45, 2.75) is 131 Å². The Balaban J connectivity index is 0.993. The zero-order chi connectivity index (χ0) is 86.9. The van der Waals surface area contributed by atoms with Gasteiger partial charge < -0.3 is 18.9 Å². The Hall–Kier alpha value is -13.0. The number of fused-ring (bicyclic) bond motifs is 16. The van der Waals surface area contributed by atoms with Crippen molar-refractivity contribution in [3.8, 4) is 55.9 Å². The first-order chi connectivity index (χ1) is 59.7. The highest BCUT2D eigenvalue weighted by atomic mass is 15.2. The van der Waals surface area contributed by atoms with E-state index in [0.717, 1.165) is 153 Å². The number of hydrogen-bond donors (Lipinski definition) is 0. The van der Waals surface area contributed by atoms with Gasteiger partial charge in [-0.05, 0) is 221 Å². The van der Waals surface area contributed by atoms with E-state index >= 15 is 0 Å². The van der Waals surface area contributed by atoms with Gasteiger partial charge >= 0.3 is 0 Å². The van der Waals surface area contributed by atoms with E-state index in [1.807, 2.05) is 24.3 Å². The number of benzene rings is 17. The van der Waals surface area contributed by atoms with Gasteiger partial charge in [0.2, 0.25) is 0 Å². The molecule has 4 nitrogen and oxygen atoms in total. The summed E-state index contributed by atoms with van der Waals surface area (Å²) >= 11 is 0. The summed E-state index contributed by atoms with van der Waals surface area (Å²) in [5.74, 6) is 0. The predicted molar refractivity (Wildman–Crippen MR) is 514 cm³/mol. The molecule has 0 fully saturated rings. The summed E-state index contributed by atoms with van der Waals surface area (Å²) in [7, 11) is 0. The molecular weight excluding hydrogens is 1440 g/mol. The van der Waals surface area contributed by atoms with E-state index in [1.165, 1.54) is 0 Å². The van der Waals surface area contributed by atoms with Crippen LogP contribution in [0.2, 0.25) is 0 Å². The van der Waals surface area contributed by atoms with Crippen molar-refractivity contribution >= 4 is 144 Å². The molecule has 0 atom stereocenters. The third kappa shape index (κ3) is 11.8. The van der Waals surface area contributed by atoms with E-state index in [-0.39, 0.29) is 57.9 Å². The zero-order valence-corrected chi connectivity index (χ0v) is 70.6. The second-order valence-corrected chi connectivity index (χ2v) is 38.3. The molecule has 0 spiro atoms. The Morgan fingerprint density at radius 2 is 0.563 bits per heavy atom. The van der Waals surface area contributed by atoms with Gasteiger partial charge in [0.25, 0.3) is 6.71 Å². The highest BCUT2D eigenvalue weighted by Crippen LogP contribution is 2.56. The number of para-hydroxylation sites is 2. The molecule has 0 saturated carbocycles. The number of anilines is 6. The van der Waals surface area contributed by atoms with Crippen LogP contribution in [0, 0.1) is 0 Å². The lowest BCUT2D eigenvalue weighted by Crippen LogP contribution is -2.61. The SMILES string of the molecule is [2H]c1cc2c(c([2H])c1-n1c3ccc(C(C)(C)C)cc3c3cc(C(C)(C)C)ccc31)N(c1c(-c3ccccc3)cccc1-c1cccc3ccc4ccccc4c13)c1c([2H])c(C(C)(C)C)c([2H])c3c1B2c1cc([2H])c(-n2c4ccc(C(C)(C)C)cc4c4cc(C(C)(C)C)ccc42)c([2H])c1N3c1c(-c2ccccc2)cccc1-c1cccc2ccc3ccccc3c12. The summed E-state index contributed by atoms with van der Waals surface area (Å²) in [6.45, 7) is 32.3. The van der Waals surface area contributed by atoms with Gasteiger partial charge in [0, 0.05) is 77.9 Å². The number of nitrogens with zero attached hydrogens (tertiary/aromatic N) is 4. The van der Waals surface area contributed by atoms with Gasteiger partial charge in [-0.2, -0.15) is 0 Å². The first kappa shape index (κ1) is 67.1. The number of aromatic nitrogens is 2. The first-order valence-electron chi connectivity index (χ1n) is 45.2. The lowest BCUT2D eigenvalue weighted by Gasteiger charge is -2.46. The molecule has 5 heteroatoms. The minimum absolute atomic E-state index is 0.0503. The minimum Gasteiger partial charge on any atom is -0.310 e. The summed E-state index contributed by atoms with van der Waals surface area (Å²) in [5.41, 5.74) is 19.3. The largest absolute Gasteiger partial charge is 0.310 e. The van der Waals surface area contributed by atoms with E-state index < -0.39 is 12.1 Å². The van der Waals surface area contributed by atoms with Crippen molar-refractivity contribution in [3.05, 3.63) is 355 Å². The van der Waals surface area contributed by atoms with Crippen LogP contribution < -0.4 is 26.2 Å². The van der Waals surface area contributed by atoms with Gasteiger partial charge in [-0.25, -0.2) is 0 Å². The molecule has 2 aliphatic heterocycles. The average Bonchev–Trinajstić information content (AvgIpc) is 0.748. The van der Waals surface area contributed by atoms with Crippen LogP contribution in [-0.4, -0.2) is 15.8 Å². The van der Waals surface area contributed by atoms with Gasteiger partial charge in [-0.15, -0.1) is 0 Å². The lowest BCUT2D eigenvalue weighted by molar-refractivity contribution is 0.590. The van der Waals surface area contributed by atoms with Gasteiger partial charge in [-0.1, -0.05) is 347 Å². The van der Waals surface area contributed by atoms with Crippen molar-refractivity contribution < 1.29 is 8.22 Å². The van der Waals surface area contributed by atoms with E-state index in [1.54, 1.807) is 0 Å². The fourth-order valence-corrected chi connectivity index (χ4v) is 19.3. The van der Waals surface area contributed by atoms with Crippen molar-refractivity contribution in [2.75, 3.05) is 9.80 Å². The lowest BCUT2D eigenvalue weighted by atomic mass is 9.33. The molecule has 2 aromatic heterocycles. The fourth-order valence-electron chi connectivity index (χ4n) is 19.3. The van der Waals surface area contributed by atoms with Crippen LogP contribution in [0.25, 0.3) is 143 Å². The Morgan fingerprint density at radius 1 is 0.252 bits per heavy atom. The quantitative estimate of drug-likeness (QED) is 0.111. The maximum Gasteiger partial charge on any atom is 0.252 e. The van der Waals surface area contributed by atoms with E-state index in [9.17, 15) is 8.22 Å². The van der Waals surface area contributed by atoms with Crippen LogP contribution in [-0.2, 0) is 27.1 Å². The van der Waals surface area contributed by atoms with Gasteiger partial charge in [0.1, 0.15) is 0 Å². The molecule has 0 radical (unpaired) electrons. The third-order valence-electron chi connectivity index (χ3n) is 25.6. The van der Waals surface area contributed by atoms with Crippen molar-refractivity contribution in [3.63, 3.8) is 0 Å². The van der Waals surface area contributed by atoms with Gasteiger partial charge in [0.05, 0.1) is 41.7 Å². The number of rotatable bonds is 8. The molecule has 0 amide bonds.